The average molecular weight is 362 g/mol. The van der Waals surface area contributed by atoms with Crippen molar-refractivity contribution in [2.24, 2.45) is 0 Å². The van der Waals surface area contributed by atoms with E-state index >= 15 is 0 Å². The lowest BCUT2D eigenvalue weighted by Crippen LogP contribution is -2.53. The Morgan fingerprint density at radius 1 is 1.04 bits per heavy atom. The molecule has 0 aliphatic heterocycles. The van der Waals surface area contributed by atoms with Gasteiger partial charge in [0.25, 0.3) is 0 Å². The monoisotopic (exact) mass is 362 g/mol. The Labute approximate surface area is 155 Å². The van der Waals surface area contributed by atoms with Crippen LogP contribution in [-0.2, 0) is 21.5 Å². The van der Waals surface area contributed by atoms with Gasteiger partial charge in [-0.1, -0.05) is 60.7 Å². The molecule has 0 spiro atoms. The van der Waals surface area contributed by atoms with Crippen molar-refractivity contribution in [2.45, 2.75) is 24.8 Å². The highest BCUT2D eigenvalue weighted by Gasteiger charge is 2.50. The number of aromatic nitrogens is 1. The standard InChI is InChI=1S/C21H18N2O2S/c24-17-11-21(12-17,16-9-5-2-6-10-16)20(25)23-14-18-13-22-19(26-18)15-7-3-1-4-8-15/h1-10,13H,11-12,14H2,(H,23,25). The normalized spacial score (nSPS) is 15.3. The minimum Gasteiger partial charge on any atom is -0.350 e. The van der Waals surface area contributed by atoms with E-state index in [1.807, 2.05) is 60.7 Å². The van der Waals surface area contributed by atoms with E-state index in [9.17, 15) is 9.59 Å². The minimum absolute atomic E-state index is 0.0852. The van der Waals surface area contributed by atoms with Gasteiger partial charge in [-0.05, 0) is 5.56 Å². The summed E-state index contributed by atoms with van der Waals surface area (Å²) in [6, 6.07) is 19.5. The zero-order valence-electron chi connectivity index (χ0n) is 14.1. The molecular weight excluding hydrogens is 344 g/mol. The quantitative estimate of drug-likeness (QED) is 0.752. The summed E-state index contributed by atoms with van der Waals surface area (Å²) in [7, 11) is 0. The Morgan fingerprint density at radius 3 is 2.35 bits per heavy atom. The molecule has 5 heteroatoms. The number of Topliss-reactive ketones (excluding diaryl/α,β-unsaturated/α-hetero) is 1. The molecule has 0 atom stereocenters. The maximum absolute atomic E-state index is 12.9. The molecule has 130 valence electrons. The maximum Gasteiger partial charge on any atom is 0.231 e. The van der Waals surface area contributed by atoms with Crippen LogP contribution in [0.5, 0.6) is 0 Å². The van der Waals surface area contributed by atoms with Gasteiger partial charge in [-0.25, -0.2) is 4.98 Å². The largest absolute Gasteiger partial charge is 0.350 e. The van der Waals surface area contributed by atoms with Crippen molar-refractivity contribution in [1.82, 2.24) is 10.3 Å². The van der Waals surface area contributed by atoms with Gasteiger partial charge in [-0.3, -0.25) is 9.59 Å². The van der Waals surface area contributed by atoms with E-state index in [1.165, 1.54) is 0 Å². The zero-order valence-corrected chi connectivity index (χ0v) is 15.0. The Kier molecular flexibility index (Phi) is 4.39. The van der Waals surface area contributed by atoms with Crippen LogP contribution in [-0.4, -0.2) is 16.7 Å². The summed E-state index contributed by atoms with van der Waals surface area (Å²) >= 11 is 1.57. The van der Waals surface area contributed by atoms with Gasteiger partial charge in [-0.2, -0.15) is 0 Å². The van der Waals surface area contributed by atoms with Crippen LogP contribution in [0.25, 0.3) is 10.6 Å². The topological polar surface area (TPSA) is 59.1 Å². The maximum atomic E-state index is 12.9. The molecule has 1 fully saturated rings. The summed E-state index contributed by atoms with van der Waals surface area (Å²) in [5.41, 5.74) is 1.26. The van der Waals surface area contributed by atoms with Crippen LogP contribution in [0, 0.1) is 0 Å². The predicted octanol–water partition coefficient (Wildman–Crippen LogP) is 3.73. The summed E-state index contributed by atoms with van der Waals surface area (Å²) in [5.74, 6) is 0.0473. The first-order chi connectivity index (χ1) is 12.7. The molecule has 1 N–H and O–H groups in total. The number of amides is 1. The molecule has 3 aromatic rings. The fraction of sp³-hybridized carbons (Fsp3) is 0.190. The highest BCUT2D eigenvalue weighted by atomic mass is 32.1. The number of rotatable bonds is 5. The summed E-state index contributed by atoms with van der Waals surface area (Å²) < 4.78 is 0. The number of hydrogen-bond donors (Lipinski definition) is 1. The summed E-state index contributed by atoms with van der Waals surface area (Å²) in [4.78, 5) is 29.9. The number of thiazole rings is 1. The van der Waals surface area contributed by atoms with Crippen LogP contribution in [0.4, 0.5) is 0 Å². The van der Waals surface area contributed by atoms with Crippen molar-refractivity contribution >= 4 is 23.0 Å². The minimum atomic E-state index is -0.717. The lowest BCUT2D eigenvalue weighted by atomic mass is 9.63. The van der Waals surface area contributed by atoms with E-state index in [0.29, 0.717) is 6.54 Å². The molecule has 4 nitrogen and oxygen atoms in total. The van der Waals surface area contributed by atoms with Gasteiger partial charge in [0.2, 0.25) is 5.91 Å². The summed E-state index contributed by atoms with van der Waals surface area (Å²) in [6.07, 6.45) is 2.36. The van der Waals surface area contributed by atoms with E-state index in [1.54, 1.807) is 17.5 Å². The van der Waals surface area contributed by atoms with Crippen LogP contribution in [0.3, 0.4) is 0 Å². The number of hydrogen-bond acceptors (Lipinski definition) is 4. The van der Waals surface area contributed by atoms with Crippen LogP contribution < -0.4 is 5.32 Å². The van der Waals surface area contributed by atoms with Crippen molar-refractivity contribution in [1.29, 1.82) is 0 Å². The Balaban J connectivity index is 1.47. The molecule has 1 aliphatic rings. The molecule has 4 rings (SSSR count). The molecular formula is C21H18N2O2S. The van der Waals surface area contributed by atoms with Crippen LogP contribution in [0.15, 0.2) is 66.9 Å². The molecule has 0 saturated heterocycles. The van der Waals surface area contributed by atoms with Crippen molar-refractivity contribution in [2.75, 3.05) is 0 Å². The smallest absolute Gasteiger partial charge is 0.231 e. The van der Waals surface area contributed by atoms with E-state index in [4.69, 9.17) is 0 Å². The SMILES string of the molecule is O=C1CC(C(=O)NCc2cnc(-c3ccccc3)s2)(c2ccccc2)C1. The van der Waals surface area contributed by atoms with Gasteiger partial charge < -0.3 is 5.32 Å². The Bertz CT molecular complexity index is 927. The zero-order chi connectivity index (χ0) is 18.0. The number of carbonyl (C=O) groups is 2. The van der Waals surface area contributed by atoms with Crippen molar-refractivity contribution in [3.05, 3.63) is 77.3 Å². The summed E-state index contributed by atoms with van der Waals surface area (Å²) in [5, 5.41) is 3.94. The molecule has 0 bridgehead atoms. The third-order valence-corrected chi connectivity index (χ3v) is 5.80. The molecule has 0 radical (unpaired) electrons. The Morgan fingerprint density at radius 2 is 1.69 bits per heavy atom. The molecule has 2 aromatic carbocycles. The fourth-order valence-corrected chi connectivity index (χ4v) is 4.17. The van der Waals surface area contributed by atoms with Crippen molar-refractivity contribution in [3.8, 4) is 10.6 Å². The molecule has 0 unspecified atom stereocenters. The fourth-order valence-electron chi connectivity index (χ4n) is 3.31. The molecule has 1 aliphatic carbocycles. The van der Waals surface area contributed by atoms with Crippen molar-refractivity contribution < 1.29 is 9.59 Å². The predicted molar refractivity (Wildman–Crippen MR) is 102 cm³/mol. The van der Waals surface area contributed by atoms with Gasteiger partial charge in [0.05, 0.1) is 12.0 Å². The first kappa shape index (κ1) is 16.7. The molecule has 1 saturated carbocycles. The second kappa shape index (κ2) is 6.84. The van der Waals surface area contributed by atoms with Crippen LogP contribution in [0.2, 0.25) is 0 Å². The van der Waals surface area contributed by atoms with Gasteiger partial charge in [0, 0.05) is 29.5 Å². The third kappa shape index (κ3) is 3.06. The third-order valence-electron chi connectivity index (χ3n) is 4.76. The second-order valence-corrected chi connectivity index (χ2v) is 7.64. The Hall–Kier alpha value is -2.79. The first-order valence-electron chi connectivity index (χ1n) is 8.53. The van der Waals surface area contributed by atoms with Crippen LogP contribution in [0.1, 0.15) is 23.3 Å². The second-order valence-electron chi connectivity index (χ2n) is 6.52. The number of carbonyl (C=O) groups excluding carboxylic acids is 2. The highest BCUT2D eigenvalue weighted by molar-refractivity contribution is 7.15. The average Bonchev–Trinajstić information content (AvgIpc) is 3.14. The van der Waals surface area contributed by atoms with Gasteiger partial charge in [0.15, 0.2) is 0 Å². The molecule has 1 amide bonds. The molecule has 1 heterocycles. The van der Waals surface area contributed by atoms with E-state index in [0.717, 1.165) is 21.0 Å². The van der Waals surface area contributed by atoms with Gasteiger partial charge in [0.1, 0.15) is 10.8 Å². The van der Waals surface area contributed by atoms with Crippen molar-refractivity contribution in [3.63, 3.8) is 0 Å². The van der Waals surface area contributed by atoms with E-state index in [-0.39, 0.29) is 24.5 Å². The van der Waals surface area contributed by atoms with E-state index in [2.05, 4.69) is 10.3 Å². The van der Waals surface area contributed by atoms with Gasteiger partial charge >= 0.3 is 0 Å². The number of nitrogens with zero attached hydrogens (tertiary/aromatic N) is 1. The highest BCUT2D eigenvalue weighted by Crippen LogP contribution is 2.41. The van der Waals surface area contributed by atoms with E-state index < -0.39 is 5.41 Å². The molecule has 26 heavy (non-hydrogen) atoms. The lowest BCUT2D eigenvalue weighted by molar-refractivity contribution is -0.141. The number of benzene rings is 2. The summed E-state index contributed by atoms with van der Waals surface area (Å²) in [6.45, 7) is 0.423. The van der Waals surface area contributed by atoms with Crippen LogP contribution >= 0.6 is 11.3 Å². The molecule has 1 aromatic heterocycles. The first-order valence-corrected chi connectivity index (χ1v) is 9.35. The van der Waals surface area contributed by atoms with Gasteiger partial charge in [-0.15, -0.1) is 11.3 Å². The number of nitrogens with one attached hydrogen (secondary N) is 1. The number of ketones is 1. The lowest BCUT2D eigenvalue weighted by Gasteiger charge is -2.39.